The molecule has 33 heavy (non-hydrogen) atoms. The summed E-state index contributed by atoms with van der Waals surface area (Å²) in [5.74, 6) is 0. The van der Waals surface area contributed by atoms with Gasteiger partial charge in [-0.3, -0.25) is 24.3 Å². The zero-order valence-electron chi connectivity index (χ0n) is 19.3. The van der Waals surface area contributed by atoms with Crippen molar-refractivity contribution in [1.82, 2.24) is 25.0 Å². The first-order valence-electron chi connectivity index (χ1n) is 11.9. The molecule has 0 saturated carbocycles. The van der Waals surface area contributed by atoms with Gasteiger partial charge in [0.05, 0.1) is 48.0 Å². The fourth-order valence-corrected chi connectivity index (χ4v) is 5.34. The summed E-state index contributed by atoms with van der Waals surface area (Å²) >= 11 is 0. The molecule has 2 N–H and O–H groups in total. The van der Waals surface area contributed by atoms with Crippen molar-refractivity contribution in [3.8, 4) is 0 Å². The number of aromatic amines is 1. The predicted octanol–water partition coefficient (Wildman–Crippen LogP) is 4.11. The van der Waals surface area contributed by atoms with Crippen LogP contribution in [0.15, 0.2) is 36.7 Å². The number of hydrogen-bond donors (Lipinski definition) is 2. The first kappa shape index (κ1) is 22.2. The van der Waals surface area contributed by atoms with Crippen LogP contribution in [0.2, 0.25) is 0 Å². The number of anilines is 1. The lowest BCUT2D eigenvalue weighted by atomic mass is 9.85. The second kappa shape index (κ2) is 9.35. The molecule has 2 aliphatic rings. The van der Waals surface area contributed by atoms with Crippen LogP contribution in [0.4, 0.5) is 14.5 Å². The number of aromatic nitrogens is 3. The van der Waals surface area contributed by atoms with Crippen LogP contribution in [0.25, 0.3) is 10.9 Å². The minimum Gasteiger partial charge on any atom is -0.378 e. The zero-order chi connectivity index (χ0) is 22.9. The van der Waals surface area contributed by atoms with Gasteiger partial charge in [0, 0.05) is 37.6 Å². The summed E-state index contributed by atoms with van der Waals surface area (Å²) in [5.41, 5.74) is 5.39. The first-order chi connectivity index (χ1) is 16.0. The van der Waals surface area contributed by atoms with Crippen LogP contribution in [0, 0.1) is 0 Å². The molecule has 0 bridgehead atoms. The van der Waals surface area contributed by atoms with E-state index in [1.165, 1.54) is 11.1 Å². The highest BCUT2D eigenvalue weighted by molar-refractivity contribution is 5.83. The van der Waals surface area contributed by atoms with Crippen molar-refractivity contribution in [2.24, 2.45) is 0 Å². The molecular weight excluding hydrogens is 422 g/mol. The summed E-state index contributed by atoms with van der Waals surface area (Å²) in [6.07, 6.45) is 4.31. The van der Waals surface area contributed by atoms with Gasteiger partial charge in [-0.1, -0.05) is 6.07 Å². The molecule has 5 rings (SSSR count). The summed E-state index contributed by atoms with van der Waals surface area (Å²) in [7, 11) is 0. The Labute approximate surface area is 193 Å². The number of nitrogens with zero attached hydrogens (tertiary/aromatic N) is 4. The number of hydrogen-bond acceptors (Lipinski definition) is 5. The van der Waals surface area contributed by atoms with Gasteiger partial charge in [0.25, 0.3) is 0 Å². The van der Waals surface area contributed by atoms with Crippen LogP contribution < -0.4 is 5.32 Å². The van der Waals surface area contributed by atoms with E-state index in [1.54, 1.807) is 6.92 Å². The molecular formula is C25H32F2N6. The molecule has 3 aromatic rings. The van der Waals surface area contributed by atoms with Crippen molar-refractivity contribution in [2.45, 2.75) is 51.0 Å². The standard InChI is InChI=1S/C25H32F2N6/c1-16(27)13-33-17(2)10-21-20(5-7-23-22(21)12-29-31-23)25(33)24-6-4-18(11-28-24)30-19-14-32(15-19)9-3-8-26/h4-7,11-12,16-17,19,25,30H,3,8-10,13-15H2,1-2H3,(H,29,31)/t16?,17-,25?/m1/s1. The van der Waals surface area contributed by atoms with Crippen LogP contribution in [-0.4, -0.2) is 76.1 Å². The van der Waals surface area contributed by atoms with E-state index in [0.29, 0.717) is 19.0 Å². The number of halogens is 2. The molecule has 2 aromatic heterocycles. The molecule has 1 fully saturated rings. The van der Waals surface area contributed by atoms with E-state index in [4.69, 9.17) is 4.98 Å². The van der Waals surface area contributed by atoms with Gasteiger partial charge in [-0.05, 0) is 56.0 Å². The Morgan fingerprint density at radius 3 is 2.79 bits per heavy atom. The van der Waals surface area contributed by atoms with Crippen molar-refractivity contribution < 1.29 is 8.78 Å². The van der Waals surface area contributed by atoms with Gasteiger partial charge >= 0.3 is 0 Å². The Kier molecular flexibility index (Phi) is 6.29. The third kappa shape index (κ3) is 4.46. The van der Waals surface area contributed by atoms with Crippen molar-refractivity contribution in [3.05, 3.63) is 53.5 Å². The minimum absolute atomic E-state index is 0.102. The fraction of sp³-hybridized carbons (Fsp3) is 0.520. The van der Waals surface area contributed by atoms with Crippen LogP contribution in [0.3, 0.4) is 0 Å². The van der Waals surface area contributed by atoms with E-state index in [-0.39, 0.29) is 18.8 Å². The molecule has 0 radical (unpaired) electrons. The second-order valence-corrected chi connectivity index (χ2v) is 9.51. The van der Waals surface area contributed by atoms with Crippen LogP contribution in [-0.2, 0) is 6.42 Å². The SMILES string of the molecule is CC(F)CN1C(c2ccc(NC3CN(CCCF)C3)cn2)c2ccc3[nH]ncc3c2C[C@H]1C. The third-order valence-electron chi connectivity index (χ3n) is 6.93. The molecule has 8 heteroatoms. The Morgan fingerprint density at radius 1 is 1.21 bits per heavy atom. The first-order valence-corrected chi connectivity index (χ1v) is 11.9. The highest BCUT2D eigenvalue weighted by Crippen LogP contribution is 2.40. The largest absolute Gasteiger partial charge is 0.378 e. The van der Waals surface area contributed by atoms with E-state index >= 15 is 0 Å². The molecule has 0 aliphatic carbocycles. The molecule has 0 amide bonds. The predicted molar refractivity (Wildman–Crippen MR) is 127 cm³/mol. The van der Waals surface area contributed by atoms with Crippen molar-refractivity contribution in [3.63, 3.8) is 0 Å². The number of likely N-dealkylation sites (tertiary alicyclic amines) is 1. The Bertz CT molecular complexity index is 1080. The maximum atomic E-state index is 14.2. The minimum atomic E-state index is -0.922. The average Bonchev–Trinajstić information content (AvgIpc) is 3.25. The molecule has 176 valence electrons. The van der Waals surface area contributed by atoms with Crippen molar-refractivity contribution in [1.29, 1.82) is 0 Å². The monoisotopic (exact) mass is 454 g/mol. The number of pyridine rings is 1. The fourth-order valence-electron chi connectivity index (χ4n) is 5.34. The number of benzene rings is 1. The second-order valence-electron chi connectivity index (χ2n) is 9.51. The Hall–Kier alpha value is -2.58. The molecule has 0 spiro atoms. The zero-order valence-corrected chi connectivity index (χ0v) is 19.3. The number of rotatable bonds is 8. The molecule has 2 unspecified atom stereocenters. The van der Waals surface area contributed by atoms with Gasteiger partial charge in [0.1, 0.15) is 6.17 Å². The Morgan fingerprint density at radius 2 is 2.06 bits per heavy atom. The van der Waals surface area contributed by atoms with Gasteiger partial charge in [-0.15, -0.1) is 0 Å². The number of nitrogens with one attached hydrogen (secondary N) is 2. The summed E-state index contributed by atoms with van der Waals surface area (Å²) in [6.45, 7) is 6.57. The molecule has 2 aliphatic heterocycles. The maximum absolute atomic E-state index is 14.2. The molecule has 3 atom stereocenters. The van der Waals surface area contributed by atoms with Crippen LogP contribution in [0.1, 0.15) is 43.1 Å². The average molecular weight is 455 g/mol. The Balaban J connectivity index is 1.39. The third-order valence-corrected chi connectivity index (χ3v) is 6.93. The summed E-state index contributed by atoms with van der Waals surface area (Å²) in [5, 5.41) is 12.0. The van der Waals surface area contributed by atoms with E-state index < -0.39 is 6.17 Å². The van der Waals surface area contributed by atoms with Crippen molar-refractivity contribution in [2.75, 3.05) is 38.2 Å². The van der Waals surface area contributed by atoms with Gasteiger partial charge in [-0.25, -0.2) is 4.39 Å². The normalized spacial score (nSPS) is 22.8. The van der Waals surface area contributed by atoms with E-state index in [2.05, 4.69) is 56.5 Å². The highest BCUT2D eigenvalue weighted by atomic mass is 19.1. The summed E-state index contributed by atoms with van der Waals surface area (Å²) in [4.78, 5) is 9.32. The molecule has 1 aromatic carbocycles. The van der Waals surface area contributed by atoms with Gasteiger partial charge < -0.3 is 5.32 Å². The van der Waals surface area contributed by atoms with Crippen molar-refractivity contribution >= 4 is 16.6 Å². The van der Waals surface area contributed by atoms with Gasteiger partial charge in [0.15, 0.2) is 0 Å². The lowest BCUT2D eigenvalue weighted by Crippen LogP contribution is -2.54. The lowest BCUT2D eigenvalue weighted by molar-refractivity contribution is 0.112. The smallest absolute Gasteiger partial charge is 0.110 e. The van der Waals surface area contributed by atoms with E-state index in [0.717, 1.165) is 48.3 Å². The lowest BCUT2D eigenvalue weighted by Gasteiger charge is -2.42. The summed E-state index contributed by atoms with van der Waals surface area (Å²) in [6, 6.07) is 8.77. The molecule has 6 nitrogen and oxygen atoms in total. The highest BCUT2D eigenvalue weighted by Gasteiger charge is 2.36. The molecule has 1 saturated heterocycles. The summed E-state index contributed by atoms with van der Waals surface area (Å²) < 4.78 is 26.5. The quantitative estimate of drug-likeness (QED) is 0.537. The number of alkyl halides is 2. The van der Waals surface area contributed by atoms with E-state index in [1.807, 2.05) is 12.4 Å². The topological polar surface area (TPSA) is 60.1 Å². The number of H-pyrrole nitrogens is 1. The van der Waals surface area contributed by atoms with Gasteiger partial charge in [-0.2, -0.15) is 5.10 Å². The number of fused-ring (bicyclic) bond motifs is 3. The molecule has 4 heterocycles. The maximum Gasteiger partial charge on any atom is 0.110 e. The van der Waals surface area contributed by atoms with Gasteiger partial charge in [0.2, 0.25) is 0 Å². The van der Waals surface area contributed by atoms with Crippen LogP contribution >= 0.6 is 0 Å². The van der Waals surface area contributed by atoms with E-state index in [9.17, 15) is 8.78 Å². The van der Waals surface area contributed by atoms with Crippen LogP contribution in [0.5, 0.6) is 0 Å².